The van der Waals surface area contributed by atoms with Gasteiger partial charge in [-0.15, -0.1) is 0 Å². The van der Waals surface area contributed by atoms with E-state index in [-0.39, 0.29) is 0 Å². The summed E-state index contributed by atoms with van der Waals surface area (Å²) in [5.74, 6) is 0. The van der Waals surface area contributed by atoms with Crippen LogP contribution in [0.2, 0.25) is 10.0 Å². The second kappa shape index (κ2) is 17.2. The zero-order valence-corrected chi connectivity index (χ0v) is 24.6. The van der Waals surface area contributed by atoms with Gasteiger partial charge in [0.15, 0.2) is 0 Å². The van der Waals surface area contributed by atoms with Gasteiger partial charge in [-0.25, -0.2) is 9.59 Å². The van der Waals surface area contributed by atoms with Crippen molar-refractivity contribution in [1.29, 1.82) is 0 Å². The molecule has 0 unspecified atom stereocenters. The van der Waals surface area contributed by atoms with Gasteiger partial charge in [-0.05, 0) is 85.7 Å². The van der Waals surface area contributed by atoms with Crippen LogP contribution < -0.4 is 10.6 Å². The molecule has 4 aromatic rings. The van der Waals surface area contributed by atoms with Crippen LogP contribution in [0.25, 0.3) is 23.5 Å². The number of benzene rings is 2. The maximum Gasteiger partial charge on any atom is 0.411 e. The van der Waals surface area contributed by atoms with Gasteiger partial charge in [-0.2, -0.15) is 0 Å². The molecule has 10 heteroatoms. The molecule has 4 rings (SSSR count). The average molecular weight is 606 g/mol. The molecule has 0 bridgehead atoms. The summed E-state index contributed by atoms with van der Waals surface area (Å²) in [6.07, 6.45) is 5.93. The molecular weight excluding hydrogens is 575 g/mol. The molecule has 2 aromatic heterocycles. The molecule has 0 spiro atoms. The quantitative estimate of drug-likeness (QED) is 0.211. The molecule has 2 heterocycles. The molecule has 42 heavy (non-hydrogen) atoms. The molecule has 0 saturated heterocycles. The van der Waals surface area contributed by atoms with Crippen LogP contribution in [0.15, 0.2) is 97.3 Å². The summed E-state index contributed by atoms with van der Waals surface area (Å²) in [6, 6.07) is 25.4. The van der Waals surface area contributed by atoms with Crippen molar-refractivity contribution >= 4 is 58.9 Å². The molecule has 0 fully saturated rings. The van der Waals surface area contributed by atoms with E-state index >= 15 is 0 Å². The van der Waals surface area contributed by atoms with E-state index in [1.807, 2.05) is 60.7 Å². The molecule has 2 amide bonds. The number of pyridine rings is 2. The Morgan fingerprint density at radius 3 is 1.33 bits per heavy atom. The van der Waals surface area contributed by atoms with Crippen LogP contribution in [-0.2, 0) is 9.47 Å². The van der Waals surface area contributed by atoms with E-state index in [0.717, 1.165) is 22.5 Å². The molecule has 0 aliphatic carbocycles. The lowest BCUT2D eigenvalue weighted by Crippen LogP contribution is -2.22. The van der Waals surface area contributed by atoms with Gasteiger partial charge in [-0.3, -0.25) is 20.6 Å². The number of carbonyl (C=O) groups excluding carboxylic acids is 2. The first kappa shape index (κ1) is 31.9. The minimum atomic E-state index is -0.505. The van der Waals surface area contributed by atoms with Crippen LogP contribution in [0.5, 0.6) is 0 Å². The van der Waals surface area contributed by atoms with Crippen LogP contribution >= 0.6 is 23.2 Å². The van der Waals surface area contributed by atoms with Gasteiger partial charge in [0.2, 0.25) is 0 Å². The zero-order chi connectivity index (χ0) is 30.2. The van der Waals surface area contributed by atoms with Crippen LogP contribution in [0, 0.1) is 0 Å². The Bertz CT molecular complexity index is 1360. The standard InChI is InChI=1S/2C16H15ClN2O2/c2*1-2-21-16(20)19-15(11-14-5-3-4-10-18-14)12-6-8-13(17)9-7-12/h2*3-11H,2H2,1H3,(H,19,20). The molecule has 0 atom stereocenters. The average Bonchev–Trinajstić information content (AvgIpc) is 2.99. The summed E-state index contributed by atoms with van der Waals surface area (Å²) in [5.41, 5.74) is 4.31. The first-order chi connectivity index (χ1) is 20.4. The van der Waals surface area contributed by atoms with E-state index in [4.69, 9.17) is 32.7 Å². The topological polar surface area (TPSA) is 102 Å². The van der Waals surface area contributed by atoms with Crippen molar-refractivity contribution in [2.45, 2.75) is 13.8 Å². The number of ether oxygens (including phenoxy) is 2. The third kappa shape index (κ3) is 11.1. The van der Waals surface area contributed by atoms with E-state index in [1.165, 1.54) is 0 Å². The van der Waals surface area contributed by atoms with E-state index in [1.54, 1.807) is 62.7 Å². The van der Waals surface area contributed by atoms with Gasteiger partial charge in [-0.1, -0.05) is 59.6 Å². The fourth-order valence-electron chi connectivity index (χ4n) is 3.41. The third-order valence-corrected chi connectivity index (χ3v) is 5.80. The van der Waals surface area contributed by atoms with Crippen molar-refractivity contribution in [3.63, 3.8) is 0 Å². The van der Waals surface area contributed by atoms with Gasteiger partial charge >= 0.3 is 12.2 Å². The van der Waals surface area contributed by atoms with E-state index in [0.29, 0.717) is 34.7 Å². The van der Waals surface area contributed by atoms with Crippen LogP contribution in [0.3, 0.4) is 0 Å². The summed E-state index contributed by atoms with van der Waals surface area (Å²) in [5, 5.41) is 6.70. The predicted octanol–water partition coefficient (Wildman–Crippen LogP) is 7.96. The highest BCUT2D eigenvalue weighted by Crippen LogP contribution is 2.19. The monoisotopic (exact) mass is 604 g/mol. The van der Waals surface area contributed by atoms with Crippen LogP contribution in [-0.4, -0.2) is 35.4 Å². The molecule has 0 radical (unpaired) electrons. The molecule has 8 nitrogen and oxygen atoms in total. The van der Waals surface area contributed by atoms with Crippen molar-refractivity contribution in [2.24, 2.45) is 0 Å². The summed E-state index contributed by atoms with van der Waals surface area (Å²) >= 11 is 11.8. The second-order valence-electron chi connectivity index (χ2n) is 8.33. The van der Waals surface area contributed by atoms with Crippen molar-refractivity contribution in [3.8, 4) is 0 Å². The zero-order valence-electron chi connectivity index (χ0n) is 23.1. The Hall–Kier alpha value is -4.66. The largest absolute Gasteiger partial charge is 0.450 e. The van der Waals surface area contributed by atoms with Crippen molar-refractivity contribution in [1.82, 2.24) is 20.6 Å². The number of rotatable bonds is 8. The third-order valence-electron chi connectivity index (χ3n) is 5.29. The number of hydrogen-bond acceptors (Lipinski definition) is 6. The number of hydrogen-bond donors (Lipinski definition) is 2. The van der Waals surface area contributed by atoms with E-state index in [2.05, 4.69) is 20.6 Å². The number of nitrogens with one attached hydrogen (secondary N) is 2. The maximum atomic E-state index is 11.7. The lowest BCUT2D eigenvalue weighted by molar-refractivity contribution is 0.156. The smallest absolute Gasteiger partial charge is 0.411 e. The lowest BCUT2D eigenvalue weighted by atomic mass is 10.1. The van der Waals surface area contributed by atoms with Gasteiger partial charge in [0.05, 0.1) is 36.0 Å². The maximum absolute atomic E-state index is 11.7. The predicted molar refractivity (Wildman–Crippen MR) is 167 cm³/mol. The van der Waals surface area contributed by atoms with Crippen LogP contribution in [0.1, 0.15) is 36.4 Å². The highest BCUT2D eigenvalue weighted by atomic mass is 35.5. The summed E-state index contributed by atoms with van der Waals surface area (Å²) < 4.78 is 9.84. The number of carbonyl (C=O) groups is 2. The Kier molecular flexibility index (Phi) is 13.1. The minimum Gasteiger partial charge on any atom is -0.450 e. The van der Waals surface area contributed by atoms with Gasteiger partial charge in [0.1, 0.15) is 0 Å². The molecule has 0 aliphatic heterocycles. The summed E-state index contributed by atoms with van der Waals surface area (Å²) in [6.45, 7) is 4.13. The molecular formula is C32H30Cl2N4O4. The number of halogens is 2. The van der Waals surface area contributed by atoms with E-state index in [9.17, 15) is 9.59 Å². The Morgan fingerprint density at radius 2 is 1.02 bits per heavy atom. The number of aromatic nitrogens is 2. The second-order valence-corrected chi connectivity index (χ2v) is 9.20. The Morgan fingerprint density at radius 1 is 0.643 bits per heavy atom. The number of amides is 2. The summed E-state index contributed by atoms with van der Waals surface area (Å²) in [7, 11) is 0. The Labute approximate surface area is 255 Å². The lowest BCUT2D eigenvalue weighted by Gasteiger charge is -2.10. The molecule has 216 valence electrons. The Balaban J connectivity index is 0.000000230. The summed E-state index contributed by atoms with van der Waals surface area (Å²) in [4.78, 5) is 31.8. The molecule has 0 aliphatic rings. The fraction of sp³-hybridized carbons (Fsp3) is 0.125. The van der Waals surface area contributed by atoms with Crippen molar-refractivity contribution in [3.05, 3.63) is 130 Å². The SMILES string of the molecule is CCOC(=O)NC(=Cc1ccccn1)c1ccc(Cl)cc1.CCOC(=O)NC(=Cc1ccccn1)c1ccc(Cl)cc1. The van der Waals surface area contributed by atoms with Gasteiger partial charge in [0, 0.05) is 22.4 Å². The fourth-order valence-corrected chi connectivity index (χ4v) is 3.67. The minimum absolute atomic E-state index is 0.309. The molecule has 0 saturated carbocycles. The number of nitrogens with zero attached hydrogens (tertiary/aromatic N) is 2. The normalized spacial score (nSPS) is 11.0. The highest BCUT2D eigenvalue weighted by Gasteiger charge is 2.09. The van der Waals surface area contributed by atoms with Gasteiger partial charge in [0.25, 0.3) is 0 Å². The molecule has 2 N–H and O–H groups in total. The van der Waals surface area contributed by atoms with Crippen molar-refractivity contribution in [2.75, 3.05) is 13.2 Å². The number of alkyl carbamates (subject to hydrolysis) is 2. The molecule has 2 aromatic carbocycles. The highest BCUT2D eigenvalue weighted by molar-refractivity contribution is 6.30. The van der Waals surface area contributed by atoms with Crippen LogP contribution in [0.4, 0.5) is 9.59 Å². The van der Waals surface area contributed by atoms with E-state index < -0.39 is 12.2 Å². The first-order valence-electron chi connectivity index (χ1n) is 13.0. The van der Waals surface area contributed by atoms with Crippen molar-refractivity contribution < 1.29 is 19.1 Å². The van der Waals surface area contributed by atoms with Gasteiger partial charge < -0.3 is 9.47 Å². The first-order valence-corrected chi connectivity index (χ1v) is 13.8.